The number of piperidine rings is 1. The van der Waals surface area contributed by atoms with Gasteiger partial charge in [0.05, 0.1) is 19.1 Å². The summed E-state index contributed by atoms with van der Waals surface area (Å²) in [4.78, 5) is 7.21. The number of aliphatic imine (C=N–C) groups is 1. The molecule has 4 nitrogen and oxygen atoms in total. The van der Waals surface area contributed by atoms with Crippen molar-refractivity contribution < 1.29 is 13.9 Å². The Balaban J connectivity index is 1.68. The Morgan fingerprint density at radius 2 is 1.70 bits per heavy atom. The molecule has 1 heterocycles. The highest BCUT2D eigenvalue weighted by Gasteiger charge is 2.41. The molecule has 0 N–H and O–H groups in total. The molecule has 0 spiro atoms. The SMILES string of the molecule is C=C(Cc1ccc(F)cc1)N=C(OC)C1(COC)CCN(Cc2ccccc2)CC1. The molecule has 30 heavy (non-hydrogen) atoms. The quantitative estimate of drug-likeness (QED) is 0.461. The molecule has 1 saturated heterocycles. The molecule has 0 saturated carbocycles. The van der Waals surface area contributed by atoms with Crippen LogP contribution in [0.3, 0.4) is 0 Å². The molecule has 1 fully saturated rings. The molecule has 0 aromatic heterocycles. The molecule has 0 bridgehead atoms. The lowest BCUT2D eigenvalue weighted by atomic mass is 9.78. The van der Waals surface area contributed by atoms with Gasteiger partial charge < -0.3 is 9.47 Å². The highest BCUT2D eigenvalue weighted by Crippen LogP contribution is 2.35. The number of halogens is 1. The van der Waals surface area contributed by atoms with Crippen molar-refractivity contribution in [2.45, 2.75) is 25.8 Å². The van der Waals surface area contributed by atoms with E-state index in [-0.39, 0.29) is 11.2 Å². The van der Waals surface area contributed by atoms with Gasteiger partial charge in [0.1, 0.15) is 5.82 Å². The molecule has 2 aromatic rings. The maximum absolute atomic E-state index is 13.1. The number of hydrogen-bond donors (Lipinski definition) is 0. The maximum Gasteiger partial charge on any atom is 0.196 e. The van der Waals surface area contributed by atoms with Crippen molar-refractivity contribution in [2.75, 3.05) is 33.9 Å². The minimum atomic E-state index is -0.261. The summed E-state index contributed by atoms with van der Waals surface area (Å²) in [6.45, 7) is 7.51. The Labute approximate surface area is 179 Å². The Kier molecular flexibility index (Phi) is 7.77. The van der Waals surface area contributed by atoms with Crippen LogP contribution >= 0.6 is 0 Å². The minimum Gasteiger partial charge on any atom is -0.484 e. The molecule has 0 amide bonds. The number of likely N-dealkylation sites (tertiary alicyclic amines) is 1. The lowest BCUT2D eigenvalue weighted by Gasteiger charge is -2.41. The van der Waals surface area contributed by atoms with E-state index in [0.717, 1.165) is 38.0 Å². The zero-order chi connectivity index (χ0) is 21.4. The molecule has 5 heteroatoms. The third-order valence-corrected chi connectivity index (χ3v) is 5.71. The van der Waals surface area contributed by atoms with Gasteiger partial charge in [0.25, 0.3) is 0 Å². The van der Waals surface area contributed by atoms with Gasteiger partial charge >= 0.3 is 0 Å². The van der Waals surface area contributed by atoms with E-state index in [2.05, 4.69) is 35.7 Å². The standard InChI is InChI=1S/C25H31FN2O2/c1-20(17-21-9-11-23(26)12-10-21)27-24(30-3)25(19-29-2)13-15-28(16-14-25)18-22-7-5-4-6-8-22/h4-12H,1,13-19H2,2-3H3. The first-order valence-corrected chi connectivity index (χ1v) is 10.4. The molecule has 0 unspecified atom stereocenters. The summed E-state index contributed by atoms with van der Waals surface area (Å²) >= 11 is 0. The second-order valence-corrected chi connectivity index (χ2v) is 7.97. The fourth-order valence-corrected chi connectivity index (χ4v) is 4.08. The van der Waals surface area contributed by atoms with E-state index >= 15 is 0 Å². The van der Waals surface area contributed by atoms with Crippen molar-refractivity contribution in [2.24, 2.45) is 10.4 Å². The molecule has 3 rings (SSSR count). The van der Waals surface area contributed by atoms with Crippen LogP contribution in [0.25, 0.3) is 0 Å². The van der Waals surface area contributed by atoms with Crippen LogP contribution in [0.4, 0.5) is 4.39 Å². The minimum absolute atomic E-state index is 0.244. The van der Waals surface area contributed by atoms with Crippen LogP contribution in [0.15, 0.2) is 71.9 Å². The second kappa shape index (κ2) is 10.5. The number of benzene rings is 2. The number of nitrogens with zero attached hydrogens (tertiary/aromatic N) is 2. The van der Waals surface area contributed by atoms with Crippen molar-refractivity contribution in [3.8, 4) is 0 Å². The van der Waals surface area contributed by atoms with Crippen LogP contribution in [-0.4, -0.2) is 44.7 Å². The van der Waals surface area contributed by atoms with Crippen LogP contribution in [0.5, 0.6) is 0 Å². The van der Waals surface area contributed by atoms with E-state index < -0.39 is 0 Å². The van der Waals surface area contributed by atoms with E-state index in [0.29, 0.717) is 24.6 Å². The van der Waals surface area contributed by atoms with E-state index in [1.807, 2.05) is 6.07 Å². The molecule has 1 aliphatic heterocycles. The topological polar surface area (TPSA) is 34.1 Å². The van der Waals surface area contributed by atoms with Crippen LogP contribution in [-0.2, 0) is 22.4 Å². The van der Waals surface area contributed by atoms with Gasteiger partial charge in [-0.25, -0.2) is 9.38 Å². The van der Waals surface area contributed by atoms with E-state index in [9.17, 15) is 4.39 Å². The largest absolute Gasteiger partial charge is 0.484 e. The fraction of sp³-hybridized carbons (Fsp3) is 0.400. The van der Waals surface area contributed by atoms with Gasteiger partial charge in [-0.1, -0.05) is 49.0 Å². The van der Waals surface area contributed by atoms with Crippen LogP contribution in [0, 0.1) is 11.2 Å². The first kappa shape index (κ1) is 22.2. The summed E-state index contributed by atoms with van der Waals surface area (Å²) in [5.41, 5.74) is 2.73. The van der Waals surface area contributed by atoms with Crippen LogP contribution < -0.4 is 0 Å². The molecule has 0 aliphatic carbocycles. The highest BCUT2D eigenvalue weighted by atomic mass is 19.1. The van der Waals surface area contributed by atoms with Crippen LogP contribution in [0.1, 0.15) is 24.0 Å². The number of methoxy groups -OCH3 is 2. The van der Waals surface area contributed by atoms with Crippen molar-refractivity contribution in [1.82, 2.24) is 4.90 Å². The lowest BCUT2D eigenvalue weighted by molar-refractivity contribution is 0.0498. The van der Waals surface area contributed by atoms with Gasteiger partial charge in [-0.05, 0) is 49.2 Å². The summed E-state index contributed by atoms with van der Waals surface area (Å²) in [6, 6.07) is 17.0. The summed E-state index contributed by atoms with van der Waals surface area (Å²) in [7, 11) is 3.39. The average molecular weight is 411 g/mol. The molecule has 160 valence electrons. The summed E-state index contributed by atoms with van der Waals surface area (Å²) in [6.07, 6.45) is 2.37. The molecule has 1 aliphatic rings. The predicted molar refractivity (Wildman–Crippen MR) is 119 cm³/mol. The normalized spacial score (nSPS) is 17.0. The Bertz CT molecular complexity index is 841. The molecular weight excluding hydrogens is 379 g/mol. The molecule has 0 radical (unpaired) electrons. The van der Waals surface area contributed by atoms with Gasteiger partial charge in [0.15, 0.2) is 5.90 Å². The van der Waals surface area contributed by atoms with E-state index in [1.165, 1.54) is 17.7 Å². The van der Waals surface area contributed by atoms with Crippen molar-refractivity contribution >= 4 is 5.90 Å². The smallest absolute Gasteiger partial charge is 0.196 e. The van der Waals surface area contributed by atoms with E-state index in [4.69, 9.17) is 14.5 Å². The number of hydrogen-bond acceptors (Lipinski definition) is 4. The van der Waals surface area contributed by atoms with Gasteiger partial charge in [-0.15, -0.1) is 0 Å². The average Bonchev–Trinajstić information content (AvgIpc) is 2.76. The Hall–Kier alpha value is -2.50. The molecular formula is C25H31FN2O2. The zero-order valence-electron chi connectivity index (χ0n) is 17.9. The monoisotopic (exact) mass is 410 g/mol. The Morgan fingerprint density at radius 3 is 2.30 bits per heavy atom. The number of allylic oxidation sites excluding steroid dienone is 1. The highest BCUT2D eigenvalue weighted by molar-refractivity contribution is 5.84. The van der Waals surface area contributed by atoms with Gasteiger partial charge in [0, 0.05) is 25.8 Å². The zero-order valence-corrected chi connectivity index (χ0v) is 17.9. The first-order chi connectivity index (χ1) is 14.5. The summed E-state index contributed by atoms with van der Waals surface area (Å²) in [5.74, 6) is 0.433. The molecule has 2 aromatic carbocycles. The Morgan fingerprint density at radius 1 is 1.03 bits per heavy atom. The second-order valence-electron chi connectivity index (χ2n) is 7.97. The summed E-state index contributed by atoms with van der Waals surface area (Å²) in [5, 5.41) is 0. The maximum atomic E-state index is 13.1. The molecule has 0 atom stereocenters. The van der Waals surface area contributed by atoms with Gasteiger partial charge in [-0.2, -0.15) is 0 Å². The first-order valence-electron chi connectivity index (χ1n) is 10.4. The van der Waals surface area contributed by atoms with Crippen molar-refractivity contribution in [3.63, 3.8) is 0 Å². The van der Waals surface area contributed by atoms with E-state index in [1.54, 1.807) is 26.4 Å². The lowest BCUT2D eigenvalue weighted by Crippen LogP contribution is -2.47. The number of ether oxygens (including phenoxy) is 2. The third kappa shape index (κ3) is 5.77. The van der Waals surface area contributed by atoms with Crippen molar-refractivity contribution in [1.29, 1.82) is 0 Å². The predicted octanol–water partition coefficient (Wildman–Crippen LogP) is 4.86. The summed E-state index contributed by atoms with van der Waals surface area (Å²) < 4.78 is 24.5. The third-order valence-electron chi connectivity index (χ3n) is 5.71. The van der Waals surface area contributed by atoms with Gasteiger partial charge in [-0.3, -0.25) is 4.90 Å². The fourth-order valence-electron chi connectivity index (χ4n) is 4.08. The van der Waals surface area contributed by atoms with Gasteiger partial charge in [0.2, 0.25) is 0 Å². The van der Waals surface area contributed by atoms with Crippen molar-refractivity contribution in [3.05, 3.63) is 83.8 Å². The van der Waals surface area contributed by atoms with Crippen LogP contribution in [0.2, 0.25) is 0 Å². The number of rotatable bonds is 8.